The van der Waals surface area contributed by atoms with E-state index in [1.165, 1.54) is 14.2 Å². The van der Waals surface area contributed by atoms with Gasteiger partial charge in [-0.1, -0.05) is 17.7 Å². The molecule has 0 aliphatic carbocycles. The summed E-state index contributed by atoms with van der Waals surface area (Å²) < 4.78 is 11.2. The van der Waals surface area contributed by atoms with Crippen molar-refractivity contribution in [1.82, 2.24) is 0 Å². The fraction of sp³-hybridized carbons (Fsp3) is 0.133. The van der Waals surface area contributed by atoms with E-state index in [4.69, 9.17) is 21.1 Å². The Balaban J connectivity index is 2.38. The third-order valence-electron chi connectivity index (χ3n) is 2.83. The smallest absolute Gasteiger partial charge is 0.263 e. The molecule has 2 aromatic rings. The number of amides is 1. The van der Waals surface area contributed by atoms with Gasteiger partial charge in [0.2, 0.25) is 0 Å². The Labute approximate surface area is 136 Å². The van der Waals surface area contributed by atoms with Crippen molar-refractivity contribution in [2.75, 3.05) is 19.5 Å². The zero-order chi connectivity index (χ0) is 15.4. The van der Waals surface area contributed by atoms with Gasteiger partial charge in [0.15, 0.2) is 0 Å². The van der Waals surface area contributed by atoms with Gasteiger partial charge in [0, 0.05) is 9.50 Å². The van der Waals surface area contributed by atoms with Crippen LogP contribution in [-0.4, -0.2) is 20.1 Å². The summed E-state index contributed by atoms with van der Waals surface area (Å²) in [6.45, 7) is 0. The Bertz CT molecular complexity index is 654. The Kier molecular flexibility index (Phi) is 5.09. The van der Waals surface area contributed by atoms with Crippen LogP contribution < -0.4 is 14.8 Å². The highest BCUT2D eigenvalue weighted by molar-refractivity contribution is 9.10. The molecule has 0 fully saturated rings. The third kappa shape index (κ3) is 3.49. The number of hydrogen-bond acceptors (Lipinski definition) is 3. The number of ether oxygens (including phenoxy) is 2. The van der Waals surface area contributed by atoms with Crippen molar-refractivity contribution in [1.29, 1.82) is 0 Å². The first-order valence-electron chi connectivity index (χ1n) is 6.04. The molecule has 0 aliphatic rings. The molecule has 2 rings (SSSR count). The lowest BCUT2D eigenvalue weighted by Crippen LogP contribution is -2.15. The second-order valence-electron chi connectivity index (χ2n) is 4.12. The van der Waals surface area contributed by atoms with Gasteiger partial charge in [-0.3, -0.25) is 4.79 Å². The van der Waals surface area contributed by atoms with Gasteiger partial charge in [-0.2, -0.15) is 0 Å². The fourth-order valence-electron chi connectivity index (χ4n) is 1.85. The summed E-state index contributed by atoms with van der Waals surface area (Å²) in [6, 6.07) is 10.3. The van der Waals surface area contributed by atoms with Crippen LogP contribution in [0.4, 0.5) is 5.69 Å². The Morgan fingerprint density at radius 2 is 1.76 bits per heavy atom. The summed E-state index contributed by atoms with van der Waals surface area (Å²) in [4.78, 5) is 12.5. The number of hydrogen-bond donors (Lipinski definition) is 1. The van der Waals surface area contributed by atoms with Crippen LogP contribution in [0.15, 0.2) is 40.9 Å². The molecule has 0 saturated carbocycles. The molecule has 110 valence electrons. The SMILES string of the molecule is COc1cccc(OC)c1C(=O)Nc1cc(Cl)ccc1Br. The first kappa shape index (κ1) is 15.7. The van der Waals surface area contributed by atoms with Crippen molar-refractivity contribution < 1.29 is 14.3 Å². The maximum atomic E-state index is 12.5. The molecule has 1 amide bonds. The average Bonchev–Trinajstić information content (AvgIpc) is 2.49. The molecule has 0 bridgehead atoms. The lowest BCUT2D eigenvalue weighted by atomic mass is 10.1. The molecule has 6 heteroatoms. The zero-order valence-corrected chi connectivity index (χ0v) is 13.8. The van der Waals surface area contributed by atoms with Crippen molar-refractivity contribution in [2.45, 2.75) is 0 Å². The molecule has 0 aliphatic heterocycles. The van der Waals surface area contributed by atoms with Crippen LogP contribution >= 0.6 is 27.5 Å². The second kappa shape index (κ2) is 6.83. The Hall–Kier alpha value is -1.72. The number of carbonyl (C=O) groups is 1. The van der Waals surface area contributed by atoms with Crippen LogP contribution in [0.25, 0.3) is 0 Å². The number of nitrogens with one attached hydrogen (secondary N) is 1. The van der Waals surface area contributed by atoms with E-state index in [-0.39, 0.29) is 5.91 Å². The molecule has 4 nitrogen and oxygen atoms in total. The molecule has 0 unspecified atom stereocenters. The minimum atomic E-state index is -0.340. The van der Waals surface area contributed by atoms with Gasteiger partial charge in [-0.15, -0.1) is 0 Å². The van der Waals surface area contributed by atoms with Gasteiger partial charge in [0.25, 0.3) is 5.91 Å². The molecule has 0 aromatic heterocycles. The topological polar surface area (TPSA) is 47.6 Å². The number of rotatable bonds is 4. The van der Waals surface area contributed by atoms with Crippen LogP contribution in [0, 0.1) is 0 Å². The maximum absolute atomic E-state index is 12.5. The van der Waals surface area contributed by atoms with Gasteiger partial charge in [-0.05, 0) is 46.3 Å². The molecule has 0 atom stereocenters. The van der Waals surface area contributed by atoms with Gasteiger partial charge < -0.3 is 14.8 Å². The van der Waals surface area contributed by atoms with Gasteiger partial charge in [0.05, 0.1) is 19.9 Å². The van der Waals surface area contributed by atoms with Crippen molar-refractivity contribution in [3.8, 4) is 11.5 Å². The summed E-state index contributed by atoms with van der Waals surface area (Å²) in [6.07, 6.45) is 0. The molecule has 0 saturated heterocycles. The quantitative estimate of drug-likeness (QED) is 0.869. The average molecular weight is 371 g/mol. The van der Waals surface area contributed by atoms with E-state index in [9.17, 15) is 4.79 Å². The predicted octanol–water partition coefficient (Wildman–Crippen LogP) is 4.37. The molecule has 0 radical (unpaired) electrons. The lowest BCUT2D eigenvalue weighted by Gasteiger charge is -2.13. The second-order valence-corrected chi connectivity index (χ2v) is 5.41. The Morgan fingerprint density at radius 3 is 2.33 bits per heavy atom. The number of methoxy groups -OCH3 is 2. The number of carbonyl (C=O) groups excluding carboxylic acids is 1. The van der Waals surface area contributed by atoms with E-state index in [1.807, 2.05) is 0 Å². The molecule has 0 heterocycles. The molecular weight excluding hydrogens is 358 g/mol. The van der Waals surface area contributed by atoms with E-state index >= 15 is 0 Å². The van der Waals surface area contributed by atoms with E-state index in [0.29, 0.717) is 27.8 Å². The highest BCUT2D eigenvalue weighted by Gasteiger charge is 2.19. The standard InChI is InChI=1S/C15H13BrClNO3/c1-20-12-4-3-5-13(21-2)14(12)15(19)18-11-8-9(17)6-7-10(11)16/h3-8H,1-2H3,(H,18,19). The molecule has 1 N–H and O–H groups in total. The Morgan fingerprint density at radius 1 is 1.14 bits per heavy atom. The molecule has 0 spiro atoms. The number of benzene rings is 2. The van der Waals surface area contributed by atoms with Crippen molar-refractivity contribution >= 4 is 39.1 Å². The summed E-state index contributed by atoms with van der Waals surface area (Å²) in [7, 11) is 3.00. The largest absolute Gasteiger partial charge is 0.496 e. The van der Waals surface area contributed by atoms with E-state index in [0.717, 1.165) is 4.47 Å². The highest BCUT2D eigenvalue weighted by atomic mass is 79.9. The number of halogens is 2. The normalized spacial score (nSPS) is 10.1. The van der Waals surface area contributed by atoms with Crippen LogP contribution in [0.5, 0.6) is 11.5 Å². The van der Waals surface area contributed by atoms with Gasteiger partial charge in [0.1, 0.15) is 17.1 Å². The van der Waals surface area contributed by atoms with Crippen molar-refractivity contribution in [2.24, 2.45) is 0 Å². The predicted molar refractivity (Wildman–Crippen MR) is 86.7 cm³/mol. The van der Waals surface area contributed by atoms with Gasteiger partial charge in [-0.25, -0.2) is 0 Å². The van der Waals surface area contributed by atoms with Crippen molar-refractivity contribution in [3.05, 3.63) is 51.5 Å². The maximum Gasteiger partial charge on any atom is 0.263 e. The van der Waals surface area contributed by atoms with E-state index in [1.54, 1.807) is 36.4 Å². The summed E-state index contributed by atoms with van der Waals surface area (Å²) in [5, 5.41) is 3.31. The van der Waals surface area contributed by atoms with E-state index in [2.05, 4.69) is 21.2 Å². The monoisotopic (exact) mass is 369 g/mol. The lowest BCUT2D eigenvalue weighted by molar-refractivity contribution is 0.102. The minimum absolute atomic E-state index is 0.328. The van der Waals surface area contributed by atoms with Crippen LogP contribution in [0.3, 0.4) is 0 Å². The summed E-state index contributed by atoms with van der Waals surface area (Å²) >= 11 is 9.31. The van der Waals surface area contributed by atoms with Crippen LogP contribution in [0.1, 0.15) is 10.4 Å². The fourth-order valence-corrected chi connectivity index (χ4v) is 2.37. The number of anilines is 1. The minimum Gasteiger partial charge on any atom is -0.496 e. The van der Waals surface area contributed by atoms with Crippen LogP contribution in [0.2, 0.25) is 5.02 Å². The first-order valence-corrected chi connectivity index (χ1v) is 7.21. The zero-order valence-electron chi connectivity index (χ0n) is 11.4. The summed E-state index contributed by atoms with van der Waals surface area (Å²) in [5.74, 6) is 0.530. The first-order chi connectivity index (χ1) is 10.1. The molecule has 21 heavy (non-hydrogen) atoms. The van der Waals surface area contributed by atoms with Crippen LogP contribution in [-0.2, 0) is 0 Å². The molecule has 2 aromatic carbocycles. The summed E-state index contributed by atoms with van der Waals surface area (Å²) in [5.41, 5.74) is 0.898. The molecular formula is C15H13BrClNO3. The van der Waals surface area contributed by atoms with E-state index < -0.39 is 0 Å². The third-order valence-corrected chi connectivity index (χ3v) is 3.76. The highest BCUT2D eigenvalue weighted by Crippen LogP contribution is 2.31. The van der Waals surface area contributed by atoms with Crippen molar-refractivity contribution in [3.63, 3.8) is 0 Å². The van der Waals surface area contributed by atoms with Gasteiger partial charge >= 0.3 is 0 Å².